The van der Waals surface area contributed by atoms with Gasteiger partial charge in [-0.15, -0.1) is 0 Å². The molecule has 0 aliphatic carbocycles. The molecule has 45 heavy (non-hydrogen) atoms. The fraction of sp³-hybridized carbons (Fsp3) is 0.281. The number of anilines is 1. The molecule has 2 aromatic carbocycles. The fourth-order valence-corrected chi connectivity index (χ4v) is 6.29. The predicted octanol–water partition coefficient (Wildman–Crippen LogP) is 7.25. The summed E-state index contributed by atoms with van der Waals surface area (Å²) in [5.74, 6) is -0.459. The predicted molar refractivity (Wildman–Crippen MR) is 167 cm³/mol. The second kappa shape index (κ2) is 12.9. The lowest BCUT2D eigenvalue weighted by Gasteiger charge is -2.19. The van der Waals surface area contributed by atoms with Crippen molar-refractivity contribution >= 4 is 34.5 Å². The Kier molecular flexibility index (Phi) is 8.72. The molecule has 0 saturated carbocycles. The van der Waals surface area contributed by atoms with E-state index in [1.165, 1.54) is 29.2 Å². The number of nitrogen functional groups attached to an aromatic ring is 1. The Morgan fingerprint density at radius 1 is 1.11 bits per heavy atom. The number of ketones is 1. The quantitative estimate of drug-likeness (QED) is 0.129. The maximum Gasteiger partial charge on any atom is 0.387 e. The van der Waals surface area contributed by atoms with Crippen LogP contribution in [0, 0.1) is 12.7 Å². The van der Waals surface area contributed by atoms with Crippen LogP contribution in [-0.4, -0.2) is 55.8 Å². The van der Waals surface area contributed by atoms with Crippen molar-refractivity contribution in [3.63, 3.8) is 0 Å². The van der Waals surface area contributed by atoms with E-state index in [0.29, 0.717) is 27.7 Å². The minimum absolute atomic E-state index is 0.0389. The van der Waals surface area contributed by atoms with E-state index in [2.05, 4.69) is 19.4 Å². The summed E-state index contributed by atoms with van der Waals surface area (Å²) in [7, 11) is 0. The minimum atomic E-state index is -2.97. The molecule has 9 nitrogen and oxygen atoms in total. The number of fused-ring (bicyclic) bond motifs is 1. The van der Waals surface area contributed by atoms with Crippen molar-refractivity contribution in [3.05, 3.63) is 89.1 Å². The molecule has 1 aliphatic rings. The number of hydrogen-bond acceptors (Lipinski definition) is 8. The fourth-order valence-electron chi connectivity index (χ4n) is 5.69. The maximum atomic E-state index is 14.0. The Balaban J connectivity index is 1.27. The second-order valence-electron chi connectivity index (χ2n) is 10.8. The van der Waals surface area contributed by atoms with Gasteiger partial charge in [-0.2, -0.15) is 13.9 Å². The number of aryl methyl sites for hydroxylation is 1. The Labute approximate surface area is 261 Å². The monoisotopic (exact) mass is 636 g/mol. The van der Waals surface area contributed by atoms with Gasteiger partial charge in [-0.05, 0) is 79.8 Å². The van der Waals surface area contributed by atoms with E-state index in [0.717, 1.165) is 32.4 Å². The highest BCUT2D eigenvalue weighted by molar-refractivity contribution is 7.96. The van der Waals surface area contributed by atoms with Crippen LogP contribution in [0.25, 0.3) is 16.6 Å². The average molecular weight is 637 g/mol. The van der Waals surface area contributed by atoms with Crippen LogP contribution >= 0.6 is 11.9 Å². The van der Waals surface area contributed by atoms with Crippen molar-refractivity contribution in [2.75, 3.05) is 25.1 Å². The first kappa shape index (κ1) is 30.5. The first-order valence-electron chi connectivity index (χ1n) is 14.4. The third-order valence-corrected chi connectivity index (χ3v) is 8.87. The number of nitrogens with two attached hydrogens (primary N) is 1. The molecular formula is C32H31F3N6O3S. The van der Waals surface area contributed by atoms with Crippen molar-refractivity contribution in [1.29, 1.82) is 0 Å². The molecule has 0 bridgehead atoms. The number of aromatic nitrogens is 4. The maximum absolute atomic E-state index is 14.0. The number of H-pyrrole nitrogens is 1. The number of alkyl halides is 2. The number of aromatic amines is 1. The Bertz CT molecular complexity index is 1860. The van der Waals surface area contributed by atoms with E-state index in [4.69, 9.17) is 15.2 Å². The highest BCUT2D eigenvalue weighted by atomic mass is 32.2. The third kappa shape index (κ3) is 6.36. The number of carbonyl (C=O) groups excluding carboxylic acids is 1. The van der Waals surface area contributed by atoms with E-state index in [-0.39, 0.29) is 40.4 Å². The number of para-hydroxylation sites is 1. The summed E-state index contributed by atoms with van der Waals surface area (Å²) >= 11 is 1.68. The topological polar surface area (TPSA) is 111 Å². The van der Waals surface area contributed by atoms with Crippen LogP contribution in [0.4, 0.5) is 19.0 Å². The minimum Gasteiger partial charge on any atom is -0.436 e. The molecule has 4 heterocycles. The normalized spacial score (nSPS) is 15.8. The number of halogens is 3. The van der Waals surface area contributed by atoms with E-state index in [1.807, 2.05) is 12.3 Å². The first-order valence-corrected chi connectivity index (χ1v) is 15.6. The molecule has 1 unspecified atom stereocenters. The van der Waals surface area contributed by atoms with Crippen LogP contribution in [-0.2, 0) is 0 Å². The zero-order chi connectivity index (χ0) is 31.7. The lowest BCUT2D eigenvalue weighted by atomic mass is 9.90. The van der Waals surface area contributed by atoms with Gasteiger partial charge in [0.15, 0.2) is 11.6 Å². The van der Waals surface area contributed by atoms with Crippen molar-refractivity contribution in [2.45, 2.75) is 38.7 Å². The van der Waals surface area contributed by atoms with Crippen LogP contribution in [0.15, 0.2) is 60.9 Å². The summed E-state index contributed by atoms with van der Waals surface area (Å²) in [5.41, 5.74) is 9.30. The van der Waals surface area contributed by atoms with Crippen molar-refractivity contribution in [1.82, 2.24) is 24.1 Å². The summed E-state index contributed by atoms with van der Waals surface area (Å²) in [5, 5.41) is 4.89. The number of nitrogens with zero attached hydrogens (tertiary/aromatic N) is 4. The lowest BCUT2D eigenvalue weighted by molar-refractivity contribution is -0.0505. The average Bonchev–Trinajstić information content (AvgIpc) is 3.51. The molecule has 3 N–H and O–H groups in total. The summed E-state index contributed by atoms with van der Waals surface area (Å²) < 4.78 is 55.1. The van der Waals surface area contributed by atoms with Crippen LogP contribution in [0.5, 0.6) is 17.4 Å². The highest BCUT2D eigenvalue weighted by Gasteiger charge is 2.25. The molecule has 3 aromatic heterocycles. The summed E-state index contributed by atoms with van der Waals surface area (Å²) in [6.07, 6.45) is 7.46. The second-order valence-corrected chi connectivity index (χ2v) is 11.7. The molecule has 1 saturated heterocycles. The zero-order valence-electron chi connectivity index (χ0n) is 24.6. The van der Waals surface area contributed by atoms with Gasteiger partial charge in [0.05, 0.1) is 29.3 Å². The van der Waals surface area contributed by atoms with E-state index >= 15 is 0 Å². The summed E-state index contributed by atoms with van der Waals surface area (Å²) in [6.45, 7) is 0.585. The molecule has 13 heteroatoms. The summed E-state index contributed by atoms with van der Waals surface area (Å²) in [4.78, 5) is 21.0. The van der Waals surface area contributed by atoms with Gasteiger partial charge in [0.25, 0.3) is 0 Å². The van der Waals surface area contributed by atoms with Gasteiger partial charge in [0.2, 0.25) is 11.7 Å². The Morgan fingerprint density at radius 3 is 2.69 bits per heavy atom. The van der Waals surface area contributed by atoms with Crippen molar-refractivity contribution in [2.24, 2.45) is 0 Å². The molecular weight excluding hydrogens is 605 g/mol. The van der Waals surface area contributed by atoms with Crippen molar-refractivity contribution in [3.8, 4) is 23.1 Å². The molecule has 1 aliphatic heterocycles. The van der Waals surface area contributed by atoms with Gasteiger partial charge < -0.3 is 20.2 Å². The molecule has 5 aromatic rings. The van der Waals surface area contributed by atoms with Gasteiger partial charge in [0.1, 0.15) is 11.6 Å². The lowest BCUT2D eigenvalue weighted by Crippen LogP contribution is -2.16. The van der Waals surface area contributed by atoms with Crippen LogP contribution in [0.2, 0.25) is 0 Å². The van der Waals surface area contributed by atoms with Gasteiger partial charge in [-0.25, -0.2) is 14.1 Å². The van der Waals surface area contributed by atoms with E-state index < -0.39 is 18.2 Å². The molecule has 0 spiro atoms. The number of carbonyl (C=O) groups is 1. The molecule has 0 radical (unpaired) electrons. The Morgan fingerprint density at radius 2 is 1.93 bits per heavy atom. The summed E-state index contributed by atoms with van der Waals surface area (Å²) in [6, 6.07) is 12.6. The van der Waals surface area contributed by atoms with Crippen LogP contribution in [0.1, 0.15) is 52.4 Å². The van der Waals surface area contributed by atoms with E-state index in [1.54, 1.807) is 49.2 Å². The number of nitrogens with one attached hydrogen (secondary N) is 1. The van der Waals surface area contributed by atoms with Crippen LogP contribution in [0.3, 0.4) is 0 Å². The molecule has 1 atom stereocenters. The van der Waals surface area contributed by atoms with Gasteiger partial charge in [-0.3, -0.25) is 9.10 Å². The largest absolute Gasteiger partial charge is 0.436 e. The number of pyridine rings is 1. The number of benzene rings is 2. The highest BCUT2D eigenvalue weighted by Crippen LogP contribution is 2.39. The van der Waals surface area contributed by atoms with Gasteiger partial charge >= 0.3 is 6.61 Å². The molecule has 6 rings (SSSR count). The third-order valence-electron chi connectivity index (χ3n) is 7.99. The zero-order valence-corrected chi connectivity index (χ0v) is 25.4. The molecule has 0 amide bonds. The SMILES string of the molecule is CSN1CCCC(c2cc3[nH]c(C(=O)c4cnn(-c5cnc(Oc6ccccc6F)cc5C)c4N)cc3cc2OC(F)F)CC1. The van der Waals surface area contributed by atoms with Crippen molar-refractivity contribution < 1.29 is 27.4 Å². The number of ether oxygens (including phenoxy) is 2. The molecule has 1 fully saturated rings. The number of hydrogen-bond donors (Lipinski definition) is 2. The van der Waals surface area contributed by atoms with Gasteiger partial charge in [0, 0.05) is 30.1 Å². The van der Waals surface area contributed by atoms with E-state index in [9.17, 15) is 18.0 Å². The Hall–Kier alpha value is -4.49. The smallest absolute Gasteiger partial charge is 0.387 e. The standard InChI is InChI=1S/C32H31F3N6O3S/c1-18-12-29(43-27-8-4-3-7-23(27)33)37-17-26(18)41-31(36)22(16-38-41)30(42)25-13-20-14-28(44-32(34)35)21(15-24(20)39-25)19-6-5-10-40(45-2)11-9-19/h3-4,7-8,12-17,19,32,39H,5-6,9-11,36H2,1-2H3. The first-order chi connectivity index (χ1) is 21.7. The van der Waals surface area contributed by atoms with Crippen LogP contribution < -0.4 is 15.2 Å². The number of rotatable bonds is 9. The van der Waals surface area contributed by atoms with Gasteiger partial charge in [-0.1, -0.05) is 24.1 Å². The molecule has 234 valence electrons.